The summed E-state index contributed by atoms with van der Waals surface area (Å²) in [6, 6.07) is 14.3. The fourth-order valence-corrected chi connectivity index (χ4v) is 3.64. The molecule has 1 aliphatic heterocycles. The van der Waals surface area contributed by atoms with Gasteiger partial charge in [0.05, 0.1) is 16.2 Å². The van der Waals surface area contributed by atoms with E-state index in [1.54, 1.807) is 23.1 Å². The van der Waals surface area contributed by atoms with E-state index in [4.69, 9.17) is 5.11 Å². The van der Waals surface area contributed by atoms with Crippen molar-refractivity contribution in [1.82, 2.24) is 4.90 Å². The highest BCUT2D eigenvalue weighted by molar-refractivity contribution is 8.18. The molecule has 1 N–H and O–H groups in total. The monoisotopic (exact) mass is 380 g/mol. The summed E-state index contributed by atoms with van der Waals surface area (Å²) in [5.41, 5.74) is 2.97. The first-order valence-electron chi connectivity index (χ1n) is 8.68. The molecule has 1 aliphatic rings. The molecule has 27 heavy (non-hydrogen) atoms. The summed E-state index contributed by atoms with van der Waals surface area (Å²) >= 11 is 1.34. The molecule has 1 heterocycles. The molecule has 0 unspecified atom stereocenters. The summed E-state index contributed by atoms with van der Waals surface area (Å²) in [6.07, 6.45) is 2.61. The third-order valence-electron chi connectivity index (χ3n) is 4.05. The number of carbonyl (C=O) groups excluding carboxylic acids is 1. The third-order valence-corrected chi connectivity index (χ3v) is 5.06. The molecule has 0 aliphatic carbocycles. The lowest BCUT2D eigenvalue weighted by Gasteiger charge is -2.13. The van der Waals surface area contributed by atoms with Crippen LogP contribution >= 0.6 is 11.8 Å². The number of aliphatic imine (C=N–C) groups is 1. The summed E-state index contributed by atoms with van der Waals surface area (Å²) < 4.78 is 0. The van der Waals surface area contributed by atoms with Crippen molar-refractivity contribution in [2.45, 2.75) is 20.3 Å². The topological polar surface area (TPSA) is 70.0 Å². The molecule has 0 aromatic heterocycles. The van der Waals surface area contributed by atoms with E-state index < -0.39 is 5.97 Å². The van der Waals surface area contributed by atoms with Crippen molar-refractivity contribution < 1.29 is 14.7 Å². The van der Waals surface area contributed by atoms with Crippen LogP contribution in [0, 0.1) is 6.92 Å². The van der Waals surface area contributed by atoms with E-state index in [-0.39, 0.29) is 11.5 Å². The maximum Gasteiger partial charge on any atom is 0.335 e. The molecule has 0 spiro atoms. The number of hydrogen-bond acceptors (Lipinski definition) is 4. The van der Waals surface area contributed by atoms with Gasteiger partial charge in [0.25, 0.3) is 5.91 Å². The third kappa shape index (κ3) is 4.46. The van der Waals surface area contributed by atoms with Crippen molar-refractivity contribution in [3.8, 4) is 0 Å². The van der Waals surface area contributed by atoms with Gasteiger partial charge in [-0.25, -0.2) is 9.79 Å². The Morgan fingerprint density at radius 3 is 2.41 bits per heavy atom. The normalized spacial score (nSPS) is 17.1. The van der Waals surface area contributed by atoms with Gasteiger partial charge in [-0.2, -0.15) is 0 Å². The van der Waals surface area contributed by atoms with Gasteiger partial charge in [-0.15, -0.1) is 0 Å². The average Bonchev–Trinajstić information content (AvgIpc) is 2.93. The molecule has 2 aromatic rings. The number of carboxylic acid groups (broad SMARTS) is 1. The molecule has 0 radical (unpaired) electrons. The van der Waals surface area contributed by atoms with Crippen LogP contribution in [0.2, 0.25) is 0 Å². The van der Waals surface area contributed by atoms with Crippen molar-refractivity contribution >= 4 is 40.6 Å². The highest BCUT2D eigenvalue weighted by Gasteiger charge is 2.32. The molecule has 1 saturated heterocycles. The molecule has 2 aromatic carbocycles. The number of carbonyl (C=O) groups is 2. The molecule has 0 atom stereocenters. The van der Waals surface area contributed by atoms with Crippen molar-refractivity contribution in [1.29, 1.82) is 0 Å². The second kappa shape index (κ2) is 8.22. The second-order valence-corrected chi connectivity index (χ2v) is 7.23. The zero-order chi connectivity index (χ0) is 19.4. The predicted molar refractivity (Wildman–Crippen MR) is 109 cm³/mol. The zero-order valence-electron chi connectivity index (χ0n) is 15.2. The number of amidine groups is 1. The van der Waals surface area contributed by atoms with Crippen LogP contribution in [0.1, 0.15) is 34.8 Å². The highest BCUT2D eigenvalue weighted by atomic mass is 32.2. The fraction of sp³-hybridized carbons (Fsp3) is 0.190. The maximum atomic E-state index is 12.8. The van der Waals surface area contributed by atoms with Gasteiger partial charge in [-0.3, -0.25) is 9.69 Å². The van der Waals surface area contributed by atoms with E-state index in [0.29, 0.717) is 16.6 Å². The maximum absolute atomic E-state index is 12.8. The standard InChI is InChI=1S/C21H20N2O3S/c1-3-12-23-19(24)18(13-15-6-8-16(9-7-15)20(25)26)27-21(23)22-17-10-4-14(2)5-11-17/h4-11,13H,3,12H2,1-2H3,(H,25,26)/b18-13+,22-21?. The van der Waals surface area contributed by atoms with Crippen molar-refractivity contribution in [3.05, 3.63) is 70.1 Å². The Kier molecular flexibility index (Phi) is 5.76. The fourth-order valence-electron chi connectivity index (χ4n) is 2.62. The lowest BCUT2D eigenvalue weighted by Crippen LogP contribution is -2.29. The summed E-state index contributed by atoms with van der Waals surface area (Å²) in [5.74, 6) is -1.04. The first kappa shape index (κ1) is 18.9. The smallest absolute Gasteiger partial charge is 0.335 e. The van der Waals surface area contributed by atoms with Crippen molar-refractivity contribution in [2.75, 3.05) is 6.54 Å². The Morgan fingerprint density at radius 1 is 1.15 bits per heavy atom. The summed E-state index contributed by atoms with van der Waals surface area (Å²) in [4.78, 5) is 30.7. The van der Waals surface area contributed by atoms with Gasteiger partial charge in [0.1, 0.15) is 0 Å². The number of hydrogen-bond donors (Lipinski definition) is 1. The molecule has 1 fully saturated rings. The number of rotatable bonds is 5. The van der Waals surface area contributed by atoms with E-state index >= 15 is 0 Å². The summed E-state index contributed by atoms with van der Waals surface area (Å²) in [5, 5.41) is 9.66. The number of aromatic carboxylic acids is 1. The van der Waals surface area contributed by atoms with E-state index in [1.807, 2.05) is 38.1 Å². The Hall–Kier alpha value is -2.86. The SMILES string of the molecule is CCCN1C(=O)/C(=C\c2ccc(C(=O)O)cc2)SC1=Nc1ccc(C)cc1. The molecule has 138 valence electrons. The first-order valence-corrected chi connectivity index (χ1v) is 9.49. The van der Waals surface area contributed by atoms with Crippen LogP contribution in [0.25, 0.3) is 6.08 Å². The average molecular weight is 380 g/mol. The largest absolute Gasteiger partial charge is 0.478 e. The molecule has 0 saturated carbocycles. The minimum Gasteiger partial charge on any atom is -0.478 e. The number of nitrogens with zero attached hydrogens (tertiary/aromatic N) is 2. The Labute approximate surface area is 162 Å². The quantitative estimate of drug-likeness (QED) is 0.763. The summed E-state index contributed by atoms with van der Waals surface area (Å²) in [6.45, 7) is 4.64. The van der Waals surface area contributed by atoms with Crippen molar-refractivity contribution in [2.24, 2.45) is 4.99 Å². The van der Waals surface area contributed by atoms with Gasteiger partial charge >= 0.3 is 5.97 Å². The van der Waals surface area contributed by atoms with E-state index in [1.165, 1.54) is 23.9 Å². The number of benzene rings is 2. The molecule has 6 heteroatoms. The van der Waals surface area contributed by atoms with Crippen LogP contribution in [0.5, 0.6) is 0 Å². The van der Waals surface area contributed by atoms with Crippen LogP contribution in [0.3, 0.4) is 0 Å². The van der Waals surface area contributed by atoms with Crippen LogP contribution in [-0.2, 0) is 4.79 Å². The Morgan fingerprint density at radius 2 is 1.81 bits per heavy atom. The lowest BCUT2D eigenvalue weighted by atomic mass is 10.1. The molecule has 5 nitrogen and oxygen atoms in total. The van der Waals surface area contributed by atoms with Gasteiger partial charge in [-0.05, 0) is 61.0 Å². The number of thioether (sulfide) groups is 1. The number of amides is 1. The molecule has 1 amide bonds. The van der Waals surface area contributed by atoms with Crippen LogP contribution in [0.15, 0.2) is 58.4 Å². The van der Waals surface area contributed by atoms with E-state index in [0.717, 1.165) is 23.2 Å². The van der Waals surface area contributed by atoms with E-state index in [2.05, 4.69) is 4.99 Å². The molecular formula is C21H20N2O3S. The summed E-state index contributed by atoms with van der Waals surface area (Å²) in [7, 11) is 0. The van der Waals surface area contributed by atoms with Gasteiger partial charge in [0, 0.05) is 6.54 Å². The molecular weight excluding hydrogens is 360 g/mol. The van der Waals surface area contributed by atoms with Crippen LogP contribution < -0.4 is 0 Å². The Balaban J connectivity index is 1.90. The minimum absolute atomic E-state index is 0.0741. The van der Waals surface area contributed by atoms with E-state index in [9.17, 15) is 9.59 Å². The van der Waals surface area contributed by atoms with Gasteiger partial charge in [0.2, 0.25) is 0 Å². The molecule has 0 bridgehead atoms. The predicted octanol–water partition coefficient (Wildman–Crippen LogP) is 4.71. The highest BCUT2D eigenvalue weighted by Crippen LogP contribution is 2.34. The number of carboxylic acids is 1. The zero-order valence-corrected chi connectivity index (χ0v) is 16.0. The van der Waals surface area contributed by atoms with Gasteiger partial charge in [-0.1, -0.05) is 36.8 Å². The van der Waals surface area contributed by atoms with Gasteiger partial charge in [0.15, 0.2) is 5.17 Å². The van der Waals surface area contributed by atoms with Crippen LogP contribution in [-0.4, -0.2) is 33.6 Å². The first-order chi connectivity index (χ1) is 13.0. The second-order valence-electron chi connectivity index (χ2n) is 6.22. The number of aryl methyl sites for hydroxylation is 1. The lowest BCUT2D eigenvalue weighted by molar-refractivity contribution is -0.122. The Bertz CT molecular complexity index is 915. The van der Waals surface area contributed by atoms with Gasteiger partial charge < -0.3 is 5.11 Å². The van der Waals surface area contributed by atoms with Crippen LogP contribution in [0.4, 0.5) is 5.69 Å². The van der Waals surface area contributed by atoms with Crippen molar-refractivity contribution in [3.63, 3.8) is 0 Å². The minimum atomic E-state index is -0.970. The molecule has 3 rings (SSSR count).